The van der Waals surface area contributed by atoms with Gasteiger partial charge >= 0.3 is 5.69 Å². The Hall–Kier alpha value is -3.04. The van der Waals surface area contributed by atoms with Crippen LogP contribution in [0.4, 0.5) is 0 Å². The van der Waals surface area contributed by atoms with Crippen molar-refractivity contribution in [1.29, 1.82) is 0 Å². The van der Waals surface area contributed by atoms with Gasteiger partial charge in [-0.3, -0.25) is 14.3 Å². The van der Waals surface area contributed by atoms with Crippen LogP contribution >= 0.6 is 0 Å². The number of aromatic amines is 1. The molecule has 0 bridgehead atoms. The van der Waals surface area contributed by atoms with Gasteiger partial charge in [0.15, 0.2) is 0 Å². The average Bonchev–Trinajstić information content (AvgIpc) is 3.36. The molecule has 9 nitrogen and oxygen atoms in total. The molecule has 3 aromatic rings. The van der Waals surface area contributed by atoms with Crippen LogP contribution in [0.25, 0.3) is 0 Å². The molecular formula is C20H23N5O4. The van der Waals surface area contributed by atoms with E-state index in [1.54, 1.807) is 11.6 Å². The largest absolute Gasteiger partial charge is 0.394 e. The molecule has 4 rings (SSSR count). The van der Waals surface area contributed by atoms with E-state index >= 15 is 0 Å². The molecule has 3 heterocycles. The number of nitrogens with zero attached hydrogens (tertiary/aromatic N) is 4. The Labute approximate surface area is 166 Å². The molecule has 0 saturated carbocycles. The predicted molar refractivity (Wildman–Crippen MR) is 105 cm³/mol. The Morgan fingerprint density at radius 2 is 2.00 bits per heavy atom. The Kier molecular flexibility index (Phi) is 5.41. The Balaban J connectivity index is 1.50. The lowest BCUT2D eigenvalue weighted by Crippen LogP contribution is -2.33. The first-order chi connectivity index (χ1) is 14.0. The van der Waals surface area contributed by atoms with E-state index < -0.39 is 23.6 Å². The lowest BCUT2D eigenvalue weighted by molar-refractivity contribution is -0.0323. The van der Waals surface area contributed by atoms with Gasteiger partial charge in [-0.15, -0.1) is 5.10 Å². The minimum atomic E-state index is -0.600. The molecule has 0 spiro atoms. The lowest BCUT2D eigenvalue weighted by Gasteiger charge is -2.15. The third kappa shape index (κ3) is 4.06. The van der Waals surface area contributed by atoms with Crippen molar-refractivity contribution in [2.45, 2.75) is 44.6 Å². The Morgan fingerprint density at radius 1 is 1.21 bits per heavy atom. The summed E-state index contributed by atoms with van der Waals surface area (Å²) in [5, 5.41) is 18.2. The first kappa shape index (κ1) is 19.3. The maximum atomic E-state index is 12.2. The molecular weight excluding hydrogens is 374 g/mol. The van der Waals surface area contributed by atoms with Crippen molar-refractivity contribution in [3.05, 3.63) is 80.4 Å². The second-order valence-corrected chi connectivity index (χ2v) is 7.27. The van der Waals surface area contributed by atoms with E-state index in [4.69, 9.17) is 4.74 Å². The van der Waals surface area contributed by atoms with Gasteiger partial charge in [0, 0.05) is 24.4 Å². The van der Waals surface area contributed by atoms with Gasteiger partial charge in [0.2, 0.25) is 0 Å². The standard InChI is InChI=1S/C20H23N5O4/c1-13-10-24(20(28)21-19(13)27)18-9-16(17(12-26)29-18)25-11-15(22-23-25)8-7-14-5-3-2-4-6-14/h2-6,10-11,16-18,26H,7-9,12H2,1H3,(H,21,27,28)/t16-,17+,18?/m0/s1. The highest BCUT2D eigenvalue weighted by Gasteiger charge is 2.38. The first-order valence-electron chi connectivity index (χ1n) is 9.58. The topological polar surface area (TPSA) is 115 Å². The van der Waals surface area contributed by atoms with Crippen LogP contribution in [0.2, 0.25) is 0 Å². The van der Waals surface area contributed by atoms with E-state index in [0.29, 0.717) is 12.0 Å². The highest BCUT2D eigenvalue weighted by atomic mass is 16.5. The molecule has 3 atom stereocenters. The second kappa shape index (κ2) is 8.14. The molecule has 9 heteroatoms. The summed E-state index contributed by atoms with van der Waals surface area (Å²) < 4.78 is 8.93. The van der Waals surface area contributed by atoms with Gasteiger partial charge in [-0.05, 0) is 25.3 Å². The van der Waals surface area contributed by atoms with Crippen molar-refractivity contribution in [3.63, 3.8) is 0 Å². The quantitative estimate of drug-likeness (QED) is 0.634. The van der Waals surface area contributed by atoms with Gasteiger partial charge in [0.1, 0.15) is 12.3 Å². The minimum absolute atomic E-state index is 0.211. The number of rotatable bonds is 6. The molecule has 1 aliphatic rings. The van der Waals surface area contributed by atoms with Gasteiger partial charge < -0.3 is 9.84 Å². The number of H-pyrrole nitrogens is 1. The molecule has 0 amide bonds. The van der Waals surface area contributed by atoms with Crippen LogP contribution in [-0.4, -0.2) is 42.4 Å². The molecule has 2 N–H and O–H groups in total. The van der Waals surface area contributed by atoms with Gasteiger partial charge in [-0.2, -0.15) is 0 Å². The molecule has 1 saturated heterocycles. The van der Waals surface area contributed by atoms with Gasteiger partial charge in [0.05, 0.1) is 18.3 Å². The SMILES string of the molecule is Cc1cn(C2C[C@H](n3cc(CCc4ccccc4)nn3)[C@@H](CO)O2)c(=O)[nH]c1=O. The molecule has 0 aliphatic carbocycles. The third-order valence-corrected chi connectivity index (χ3v) is 5.25. The molecule has 152 valence electrons. The van der Waals surface area contributed by atoms with Crippen LogP contribution in [0.3, 0.4) is 0 Å². The smallest absolute Gasteiger partial charge is 0.330 e. The summed E-state index contributed by atoms with van der Waals surface area (Å²) in [5.74, 6) is 0. The van der Waals surface area contributed by atoms with Crippen LogP contribution in [0.1, 0.15) is 35.5 Å². The number of hydrogen-bond acceptors (Lipinski definition) is 6. The average molecular weight is 397 g/mol. The zero-order valence-corrected chi connectivity index (χ0v) is 16.1. The monoisotopic (exact) mass is 397 g/mol. The third-order valence-electron chi connectivity index (χ3n) is 5.25. The molecule has 1 aliphatic heterocycles. The normalized spacial score (nSPS) is 21.5. The minimum Gasteiger partial charge on any atom is -0.394 e. The van der Waals surface area contributed by atoms with E-state index in [-0.39, 0.29) is 12.6 Å². The number of nitrogens with one attached hydrogen (secondary N) is 1. The summed E-state index contributed by atoms with van der Waals surface area (Å²) in [5.41, 5.74) is 1.54. The number of aliphatic hydroxyl groups excluding tert-OH is 1. The fourth-order valence-corrected chi connectivity index (χ4v) is 3.64. The maximum Gasteiger partial charge on any atom is 0.330 e. The number of ether oxygens (including phenoxy) is 1. The van der Waals surface area contributed by atoms with Crippen molar-refractivity contribution >= 4 is 0 Å². The summed E-state index contributed by atoms with van der Waals surface area (Å²) >= 11 is 0. The molecule has 1 aromatic carbocycles. The van der Waals surface area contributed by atoms with Crippen molar-refractivity contribution in [2.75, 3.05) is 6.61 Å². The van der Waals surface area contributed by atoms with Crippen LogP contribution in [0.15, 0.2) is 52.3 Å². The lowest BCUT2D eigenvalue weighted by atomic mass is 10.1. The van der Waals surface area contributed by atoms with Crippen molar-refractivity contribution in [2.24, 2.45) is 0 Å². The Morgan fingerprint density at radius 3 is 2.76 bits per heavy atom. The summed E-state index contributed by atoms with van der Waals surface area (Å²) in [7, 11) is 0. The zero-order chi connectivity index (χ0) is 20.4. The van der Waals surface area contributed by atoms with E-state index in [0.717, 1.165) is 18.5 Å². The fraction of sp³-hybridized carbons (Fsp3) is 0.400. The van der Waals surface area contributed by atoms with Crippen LogP contribution in [-0.2, 0) is 17.6 Å². The zero-order valence-electron chi connectivity index (χ0n) is 16.1. The number of benzene rings is 1. The fourth-order valence-electron chi connectivity index (χ4n) is 3.64. The van der Waals surface area contributed by atoms with Crippen molar-refractivity contribution in [1.82, 2.24) is 24.5 Å². The summed E-state index contributed by atoms with van der Waals surface area (Å²) in [6.07, 6.45) is 4.26. The van der Waals surface area contributed by atoms with Gasteiger partial charge in [-0.25, -0.2) is 9.48 Å². The number of aliphatic hydroxyl groups is 1. The number of aromatic nitrogens is 5. The summed E-state index contributed by atoms with van der Waals surface area (Å²) in [6.45, 7) is 1.42. The van der Waals surface area contributed by atoms with Crippen LogP contribution in [0.5, 0.6) is 0 Å². The van der Waals surface area contributed by atoms with E-state index in [9.17, 15) is 14.7 Å². The molecule has 1 fully saturated rings. The number of hydrogen-bond donors (Lipinski definition) is 2. The molecule has 1 unspecified atom stereocenters. The predicted octanol–water partition coefficient (Wildman–Crippen LogP) is 0.743. The Bertz CT molecular complexity index is 1090. The maximum absolute atomic E-state index is 12.2. The highest BCUT2D eigenvalue weighted by Crippen LogP contribution is 2.35. The van der Waals surface area contributed by atoms with Crippen LogP contribution < -0.4 is 11.2 Å². The summed E-state index contributed by atoms with van der Waals surface area (Å²) in [4.78, 5) is 26.1. The molecule has 2 aromatic heterocycles. The molecule has 0 radical (unpaired) electrons. The highest BCUT2D eigenvalue weighted by molar-refractivity contribution is 5.16. The summed E-state index contributed by atoms with van der Waals surface area (Å²) in [6, 6.07) is 9.89. The van der Waals surface area contributed by atoms with E-state index in [2.05, 4.69) is 27.4 Å². The van der Waals surface area contributed by atoms with Gasteiger partial charge in [0.25, 0.3) is 5.56 Å². The van der Waals surface area contributed by atoms with E-state index in [1.807, 2.05) is 24.4 Å². The van der Waals surface area contributed by atoms with Gasteiger partial charge in [-0.1, -0.05) is 35.5 Å². The first-order valence-corrected chi connectivity index (χ1v) is 9.58. The number of aryl methyl sites for hydroxylation is 3. The van der Waals surface area contributed by atoms with E-state index in [1.165, 1.54) is 16.3 Å². The second-order valence-electron chi connectivity index (χ2n) is 7.27. The van der Waals surface area contributed by atoms with Crippen molar-refractivity contribution in [3.8, 4) is 0 Å². The molecule has 29 heavy (non-hydrogen) atoms. The van der Waals surface area contributed by atoms with Crippen molar-refractivity contribution < 1.29 is 9.84 Å². The van der Waals surface area contributed by atoms with Crippen LogP contribution in [0, 0.1) is 6.92 Å².